The summed E-state index contributed by atoms with van der Waals surface area (Å²) in [6.45, 7) is 2.97. The first-order chi connectivity index (χ1) is 12.3. The van der Waals surface area contributed by atoms with Crippen molar-refractivity contribution < 1.29 is 4.74 Å². The van der Waals surface area contributed by atoms with Crippen LogP contribution in [0.3, 0.4) is 0 Å². The van der Waals surface area contributed by atoms with Gasteiger partial charge in [-0.05, 0) is 36.2 Å². The van der Waals surface area contributed by atoms with Crippen LogP contribution in [-0.4, -0.2) is 11.6 Å². The third-order valence-corrected chi connectivity index (χ3v) is 4.95. The quantitative estimate of drug-likeness (QED) is 0.721. The van der Waals surface area contributed by atoms with Crippen molar-refractivity contribution in [3.05, 3.63) is 95.8 Å². The van der Waals surface area contributed by atoms with Gasteiger partial charge in [0.1, 0.15) is 0 Å². The molecule has 3 aromatic rings. The summed E-state index contributed by atoms with van der Waals surface area (Å²) in [5.41, 5.74) is 4.46. The highest BCUT2D eigenvalue weighted by Gasteiger charge is 2.38. The molecule has 0 radical (unpaired) electrons. The summed E-state index contributed by atoms with van der Waals surface area (Å²) >= 11 is 0. The molecule has 0 bridgehead atoms. The molecule has 0 amide bonds. The van der Waals surface area contributed by atoms with Crippen molar-refractivity contribution >= 4 is 5.69 Å². The molecule has 1 aliphatic heterocycles. The van der Waals surface area contributed by atoms with E-state index < -0.39 is 0 Å². The van der Waals surface area contributed by atoms with Crippen molar-refractivity contribution in [2.75, 3.05) is 11.9 Å². The molecule has 3 nitrogen and oxygen atoms in total. The number of nitrogens with one attached hydrogen (secondary N) is 1. The molecule has 0 saturated carbocycles. The average Bonchev–Trinajstić information content (AvgIpc) is 2.66. The number of para-hydroxylation sites is 1. The van der Waals surface area contributed by atoms with Gasteiger partial charge in [0.15, 0.2) is 0 Å². The maximum absolute atomic E-state index is 5.91. The van der Waals surface area contributed by atoms with Gasteiger partial charge in [0.25, 0.3) is 0 Å². The molecule has 1 aromatic heterocycles. The van der Waals surface area contributed by atoms with Gasteiger partial charge < -0.3 is 10.1 Å². The number of pyridine rings is 1. The molecular weight excluding hydrogens is 308 g/mol. The summed E-state index contributed by atoms with van der Waals surface area (Å²) in [5, 5.41) is 3.69. The molecule has 2 heterocycles. The minimum atomic E-state index is -0.241. The lowest BCUT2D eigenvalue weighted by molar-refractivity contribution is -0.141. The Hall–Kier alpha value is -2.65. The van der Waals surface area contributed by atoms with E-state index in [9.17, 15) is 0 Å². The fourth-order valence-electron chi connectivity index (χ4n) is 3.41. The van der Waals surface area contributed by atoms with E-state index in [1.165, 1.54) is 16.7 Å². The first kappa shape index (κ1) is 15.9. The summed E-state index contributed by atoms with van der Waals surface area (Å²) in [6, 6.07) is 23.0. The highest BCUT2D eigenvalue weighted by atomic mass is 16.5. The maximum Gasteiger partial charge on any atom is 0.0943 e. The number of ether oxygens (including phenoxy) is 1. The zero-order valence-corrected chi connectivity index (χ0v) is 14.4. The molecule has 2 unspecified atom stereocenters. The number of nitrogens with zero attached hydrogens (tertiary/aromatic N) is 1. The van der Waals surface area contributed by atoms with Gasteiger partial charge in [-0.3, -0.25) is 4.98 Å². The molecule has 1 N–H and O–H groups in total. The monoisotopic (exact) mass is 330 g/mol. The lowest BCUT2D eigenvalue weighted by Gasteiger charge is -2.41. The first-order valence-electron chi connectivity index (χ1n) is 8.71. The summed E-state index contributed by atoms with van der Waals surface area (Å²) in [5.74, 6) is 0. The Labute approximate surface area is 148 Å². The molecular formula is C22H22N2O. The normalized spacial score (nSPS) is 20.5. The van der Waals surface area contributed by atoms with E-state index >= 15 is 0 Å². The Morgan fingerprint density at radius 1 is 1.00 bits per heavy atom. The van der Waals surface area contributed by atoms with E-state index in [-0.39, 0.29) is 11.6 Å². The Bertz CT molecular complexity index is 829. The van der Waals surface area contributed by atoms with Crippen LogP contribution >= 0.6 is 0 Å². The van der Waals surface area contributed by atoms with Gasteiger partial charge in [0.2, 0.25) is 0 Å². The van der Waals surface area contributed by atoms with E-state index in [2.05, 4.69) is 59.7 Å². The molecule has 0 aliphatic carbocycles. The van der Waals surface area contributed by atoms with Gasteiger partial charge in [0, 0.05) is 30.1 Å². The standard InChI is InChI=1S/C22H22N2O/c1-22(13-15-25-22)20-16-23-14-12-19(20)21(17-8-4-2-5-9-17)24-18-10-6-3-7-11-18/h2-12,14,16,21,24H,13,15H2,1H3. The minimum Gasteiger partial charge on any atom is -0.374 e. The molecule has 25 heavy (non-hydrogen) atoms. The van der Waals surface area contributed by atoms with Crippen LogP contribution in [-0.2, 0) is 10.3 Å². The second kappa shape index (κ2) is 6.69. The predicted octanol–water partition coefficient (Wildman–Crippen LogP) is 4.92. The Morgan fingerprint density at radius 3 is 2.32 bits per heavy atom. The van der Waals surface area contributed by atoms with Crippen LogP contribution in [0.4, 0.5) is 5.69 Å². The van der Waals surface area contributed by atoms with Gasteiger partial charge in [0.05, 0.1) is 18.2 Å². The second-order valence-corrected chi connectivity index (χ2v) is 6.65. The van der Waals surface area contributed by atoms with Crippen molar-refractivity contribution in [2.45, 2.75) is 25.0 Å². The lowest BCUT2D eigenvalue weighted by Crippen LogP contribution is -2.39. The number of hydrogen-bond acceptors (Lipinski definition) is 3. The van der Waals surface area contributed by atoms with Crippen LogP contribution in [0.5, 0.6) is 0 Å². The third kappa shape index (κ3) is 3.15. The topological polar surface area (TPSA) is 34.2 Å². The first-order valence-corrected chi connectivity index (χ1v) is 8.71. The van der Waals surface area contributed by atoms with Crippen LogP contribution in [0.2, 0.25) is 0 Å². The number of rotatable bonds is 5. The van der Waals surface area contributed by atoms with Crippen molar-refractivity contribution in [1.82, 2.24) is 4.98 Å². The fraction of sp³-hybridized carbons (Fsp3) is 0.227. The molecule has 2 atom stereocenters. The van der Waals surface area contributed by atoms with Gasteiger partial charge in [-0.1, -0.05) is 48.5 Å². The van der Waals surface area contributed by atoms with Crippen LogP contribution in [0.15, 0.2) is 79.1 Å². The van der Waals surface area contributed by atoms with E-state index in [1.807, 2.05) is 36.7 Å². The number of benzene rings is 2. The average molecular weight is 330 g/mol. The largest absolute Gasteiger partial charge is 0.374 e. The highest BCUT2D eigenvalue weighted by Crippen LogP contribution is 2.41. The number of hydrogen-bond donors (Lipinski definition) is 1. The summed E-state index contributed by atoms with van der Waals surface area (Å²) in [6.07, 6.45) is 4.85. The molecule has 4 rings (SSSR count). The smallest absolute Gasteiger partial charge is 0.0943 e. The molecule has 3 heteroatoms. The van der Waals surface area contributed by atoms with Crippen LogP contribution in [0, 0.1) is 0 Å². The van der Waals surface area contributed by atoms with Gasteiger partial charge >= 0.3 is 0 Å². The van der Waals surface area contributed by atoms with E-state index in [1.54, 1.807) is 0 Å². The zero-order chi connectivity index (χ0) is 17.1. The zero-order valence-electron chi connectivity index (χ0n) is 14.4. The van der Waals surface area contributed by atoms with Gasteiger partial charge in [-0.25, -0.2) is 0 Å². The molecule has 1 saturated heterocycles. The van der Waals surface area contributed by atoms with E-state index in [0.29, 0.717) is 0 Å². The third-order valence-electron chi connectivity index (χ3n) is 4.95. The Morgan fingerprint density at radius 2 is 1.68 bits per heavy atom. The number of aromatic nitrogens is 1. The lowest BCUT2D eigenvalue weighted by atomic mass is 9.83. The molecule has 1 aliphatic rings. The van der Waals surface area contributed by atoms with Crippen LogP contribution in [0.1, 0.15) is 36.1 Å². The summed E-state index contributed by atoms with van der Waals surface area (Å²) in [7, 11) is 0. The van der Waals surface area contributed by atoms with Gasteiger partial charge in [-0.2, -0.15) is 0 Å². The van der Waals surface area contributed by atoms with Crippen molar-refractivity contribution in [1.29, 1.82) is 0 Å². The van der Waals surface area contributed by atoms with Gasteiger partial charge in [-0.15, -0.1) is 0 Å². The Kier molecular flexibility index (Phi) is 4.24. The Balaban J connectivity index is 1.79. The molecule has 2 aromatic carbocycles. The predicted molar refractivity (Wildman–Crippen MR) is 101 cm³/mol. The molecule has 1 fully saturated rings. The van der Waals surface area contributed by atoms with Crippen LogP contribution < -0.4 is 5.32 Å². The van der Waals surface area contributed by atoms with Crippen molar-refractivity contribution in [3.63, 3.8) is 0 Å². The maximum atomic E-state index is 5.91. The summed E-state index contributed by atoms with van der Waals surface area (Å²) < 4.78 is 5.91. The SMILES string of the molecule is CC1(c2cnccc2C(Nc2ccccc2)c2ccccc2)CCO1. The van der Waals surface area contributed by atoms with Crippen molar-refractivity contribution in [2.24, 2.45) is 0 Å². The highest BCUT2D eigenvalue weighted by molar-refractivity contribution is 5.51. The van der Waals surface area contributed by atoms with E-state index in [4.69, 9.17) is 4.74 Å². The van der Waals surface area contributed by atoms with E-state index in [0.717, 1.165) is 18.7 Å². The molecule has 0 spiro atoms. The van der Waals surface area contributed by atoms with Crippen LogP contribution in [0.25, 0.3) is 0 Å². The second-order valence-electron chi connectivity index (χ2n) is 6.65. The molecule has 126 valence electrons. The summed E-state index contributed by atoms with van der Waals surface area (Å²) in [4.78, 5) is 4.37. The minimum absolute atomic E-state index is 0.0441. The fourth-order valence-corrected chi connectivity index (χ4v) is 3.41. The van der Waals surface area contributed by atoms with Crippen molar-refractivity contribution in [3.8, 4) is 0 Å². The number of anilines is 1.